The predicted molar refractivity (Wildman–Crippen MR) is 104 cm³/mol. The van der Waals surface area contributed by atoms with Crippen molar-refractivity contribution in [3.8, 4) is 0 Å². The molecule has 0 radical (unpaired) electrons. The summed E-state index contributed by atoms with van der Waals surface area (Å²) in [5, 5.41) is 2.37. The smallest absolute Gasteiger partial charge is 0.408 e. The Morgan fingerprint density at radius 1 is 1.00 bits per heavy atom. The van der Waals surface area contributed by atoms with Crippen LogP contribution in [0.25, 0.3) is 0 Å². The van der Waals surface area contributed by atoms with Crippen molar-refractivity contribution < 1.29 is 23.9 Å². The molecule has 0 aliphatic carbocycles. The summed E-state index contributed by atoms with van der Waals surface area (Å²) < 4.78 is 11.0. The van der Waals surface area contributed by atoms with Crippen molar-refractivity contribution in [1.29, 1.82) is 0 Å². The van der Waals surface area contributed by atoms with Gasteiger partial charge in [-0.25, -0.2) is 9.59 Å². The van der Waals surface area contributed by atoms with Crippen LogP contribution in [0.15, 0.2) is 54.6 Å². The van der Waals surface area contributed by atoms with Crippen molar-refractivity contribution in [2.24, 2.45) is 0 Å². The second kappa shape index (κ2) is 9.91. The number of hydrogen-bond acceptors (Lipinski definition) is 5. The molecule has 0 saturated heterocycles. The van der Waals surface area contributed by atoms with Crippen LogP contribution in [0.3, 0.4) is 0 Å². The van der Waals surface area contributed by atoms with Crippen molar-refractivity contribution in [2.45, 2.75) is 19.6 Å². The molecule has 0 fully saturated rings. The highest BCUT2D eigenvalue weighted by Gasteiger charge is 2.19. The van der Waals surface area contributed by atoms with Crippen molar-refractivity contribution in [3.05, 3.63) is 69.3 Å². The second-order valence-electron chi connectivity index (χ2n) is 5.47. The zero-order valence-electron chi connectivity index (χ0n) is 14.1. The van der Waals surface area contributed by atoms with Gasteiger partial charge in [-0.2, -0.15) is 0 Å². The highest BCUT2D eigenvalue weighted by Crippen LogP contribution is 2.08. The molecule has 26 heavy (non-hydrogen) atoms. The minimum atomic E-state index is -0.928. The normalized spacial score (nSPS) is 11.3. The maximum Gasteiger partial charge on any atom is 0.408 e. The number of halogens is 1. The second-order valence-corrected chi connectivity index (χ2v) is 6.71. The van der Waals surface area contributed by atoms with Gasteiger partial charge < -0.3 is 14.8 Å². The van der Waals surface area contributed by atoms with E-state index in [0.29, 0.717) is 5.56 Å². The largest absolute Gasteiger partial charge is 0.456 e. The van der Waals surface area contributed by atoms with E-state index in [2.05, 4.69) is 27.9 Å². The first-order valence-electron chi connectivity index (χ1n) is 7.88. The number of rotatable bonds is 7. The van der Waals surface area contributed by atoms with Crippen molar-refractivity contribution in [3.63, 3.8) is 0 Å². The van der Waals surface area contributed by atoms with E-state index in [9.17, 15) is 14.4 Å². The molecule has 2 aromatic rings. The van der Waals surface area contributed by atoms with Crippen LogP contribution in [0.1, 0.15) is 22.8 Å². The van der Waals surface area contributed by atoms with Crippen LogP contribution in [0, 0.1) is 3.57 Å². The van der Waals surface area contributed by atoms with Gasteiger partial charge in [0.15, 0.2) is 12.4 Å². The summed E-state index contributed by atoms with van der Waals surface area (Å²) in [4.78, 5) is 35.6. The third-order valence-electron chi connectivity index (χ3n) is 3.41. The monoisotopic (exact) mass is 467 g/mol. The molecule has 0 saturated carbocycles. The zero-order chi connectivity index (χ0) is 18.9. The van der Waals surface area contributed by atoms with E-state index >= 15 is 0 Å². The average molecular weight is 467 g/mol. The lowest BCUT2D eigenvalue weighted by Gasteiger charge is -2.13. The molecule has 0 bridgehead atoms. The number of nitrogens with one attached hydrogen (secondary N) is 1. The van der Waals surface area contributed by atoms with E-state index in [-0.39, 0.29) is 19.0 Å². The van der Waals surface area contributed by atoms with Gasteiger partial charge in [-0.15, -0.1) is 0 Å². The van der Waals surface area contributed by atoms with Gasteiger partial charge in [-0.05, 0) is 47.2 Å². The number of ether oxygens (including phenoxy) is 2. The third-order valence-corrected chi connectivity index (χ3v) is 4.13. The first-order valence-corrected chi connectivity index (χ1v) is 8.96. The molecule has 1 N–H and O–H groups in total. The fourth-order valence-corrected chi connectivity index (χ4v) is 2.34. The number of esters is 1. The van der Waals surface area contributed by atoms with Crippen LogP contribution in [-0.2, 0) is 20.9 Å². The Hall–Kier alpha value is -2.42. The Bertz CT molecular complexity index is 761. The lowest BCUT2D eigenvalue weighted by atomic mass is 10.1. The minimum absolute atomic E-state index is 0.0970. The average Bonchev–Trinajstić information content (AvgIpc) is 2.65. The van der Waals surface area contributed by atoms with Crippen LogP contribution in [0.2, 0.25) is 0 Å². The maximum absolute atomic E-state index is 12.0. The fourth-order valence-electron chi connectivity index (χ4n) is 1.98. The van der Waals surface area contributed by atoms with E-state index in [1.54, 1.807) is 24.3 Å². The van der Waals surface area contributed by atoms with Crippen LogP contribution in [0.5, 0.6) is 0 Å². The van der Waals surface area contributed by atoms with E-state index in [1.807, 2.05) is 30.3 Å². The molecule has 1 atom stereocenters. The molecule has 136 valence electrons. The fraction of sp³-hybridized carbons (Fsp3) is 0.211. The molecule has 1 amide bonds. The highest BCUT2D eigenvalue weighted by atomic mass is 127. The summed E-state index contributed by atoms with van der Waals surface area (Å²) in [6, 6.07) is 15.2. The number of carbonyl (C=O) groups is 3. The van der Waals surface area contributed by atoms with Crippen molar-refractivity contribution >= 4 is 40.4 Å². The van der Waals surface area contributed by atoms with Gasteiger partial charge >= 0.3 is 12.1 Å². The summed E-state index contributed by atoms with van der Waals surface area (Å²) in [5.74, 6) is -1.02. The third kappa shape index (κ3) is 6.47. The van der Waals surface area contributed by atoms with Gasteiger partial charge in [-0.1, -0.05) is 42.5 Å². The van der Waals surface area contributed by atoms with Crippen molar-refractivity contribution in [2.75, 3.05) is 6.61 Å². The lowest BCUT2D eigenvalue weighted by Crippen LogP contribution is -2.40. The predicted octanol–water partition coefficient (Wildman–Crippen LogP) is 3.33. The molecule has 0 aromatic heterocycles. The Balaban J connectivity index is 1.73. The molecule has 0 heterocycles. The Morgan fingerprint density at radius 3 is 2.31 bits per heavy atom. The van der Waals surface area contributed by atoms with Gasteiger partial charge in [-0.3, -0.25) is 4.79 Å². The Kier molecular flexibility index (Phi) is 7.58. The summed E-state index contributed by atoms with van der Waals surface area (Å²) in [7, 11) is 0. The standard InChI is InChI=1S/C19H18INO5/c1-13(21-19(24)26-11-14-5-3-2-4-6-14)18(23)25-12-17(22)15-7-9-16(20)10-8-15/h2-10,13H,11-12H2,1H3,(H,21,24)/t13-/m0/s1. The summed E-state index contributed by atoms with van der Waals surface area (Å²) in [6.45, 7) is 1.17. The first-order chi connectivity index (χ1) is 12.5. The molecular formula is C19H18INO5. The number of hydrogen-bond donors (Lipinski definition) is 1. The van der Waals surface area contributed by atoms with Crippen LogP contribution >= 0.6 is 22.6 Å². The lowest BCUT2D eigenvalue weighted by molar-refractivity contribution is -0.144. The number of carbonyl (C=O) groups excluding carboxylic acids is 3. The molecular weight excluding hydrogens is 449 g/mol. The van der Waals surface area contributed by atoms with Gasteiger partial charge in [0, 0.05) is 9.13 Å². The maximum atomic E-state index is 12.0. The molecule has 0 aliphatic rings. The van der Waals surface area contributed by atoms with Gasteiger partial charge in [0.1, 0.15) is 12.6 Å². The number of amides is 1. The quantitative estimate of drug-likeness (QED) is 0.384. The van der Waals surface area contributed by atoms with E-state index < -0.39 is 18.1 Å². The molecule has 2 aromatic carbocycles. The highest BCUT2D eigenvalue weighted by molar-refractivity contribution is 14.1. The number of alkyl carbamates (subject to hydrolysis) is 1. The molecule has 0 unspecified atom stereocenters. The minimum Gasteiger partial charge on any atom is -0.456 e. The first kappa shape index (κ1) is 19.9. The SMILES string of the molecule is C[C@H](NC(=O)OCc1ccccc1)C(=O)OCC(=O)c1ccc(I)cc1. The number of benzene rings is 2. The molecule has 6 nitrogen and oxygen atoms in total. The van der Waals surface area contributed by atoms with Crippen LogP contribution in [0.4, 0.5) is 4.79 Å². The van der Waals surface area contributed by atoms with Gasteiger partial charge in [0.2, 0.25) is 0 Å². The number of Topliss-reactive ketones (excluding diaryl/α,β-unsaturated/α-hetero) is 1. The number of ketones is 1. The van der Waals surface area contributed by atoms with Gasteiger partial charge in [0.25, 0.3) is 0 Å². The Labute approximate surface area is 165 Å². The van der Waals surface area contributed by atoms with Crippen LogP contribution < -0.4 is 5.32 Å². The van der Waals surface area contributed by atoms with Gasteiger partial charge in [0.05, 0.1) is 0 Å². The Morgan fingerprint density at radius 2 is 1.65 bits per heavy atom. The van der Waals surface area contributed by atoms with E-state index in [0.717, 1.165) is 9.13 Å². The molecule has 7 heteroatoms. The topological polar surface area (TPSA) is 81.7 Å². The zero-order valence-corrected chi connectivity index (χ0v) is 16.3. The van der Waals surface area contributed by atoms with E-state index in [4.69, 9.17) is 9.47 Å². The summed E-state index contributed by atoms with van der Waals surface area (Å²) in [5.41, 5.74) is 1.29. The molecule has 2 rings (SSSR count). The van der Waals surface area contributed by atoms with Crippen molar-refractivity contribution in [1.82, 2.24) is 5.32 Å². The summed E-state index contributed by atoms with van der Waals surface area (Å²) in [6.07, 6.45) is -0.734. The molecule has 0 spiro atoms. The summed E-state index contributed by atoms with van der Waals surface area (Å²) >= 11 is 2.13. The molecule has 0 aliphatic heterocycles. The van der Waals surface area contributed by atoms with Crippen LogP contribution in [-0.4, -0.2) is 30.5 Å². The van der Waals surface area contributed by atoms with E-state index in [1.165, 1.54) is 6.92 Å².